The minimum absolute atomic E-state index is 0.0496. The van der Waals surface area contributed by atoms with Crippen LogP contribution in [0.4, 0.5) is 5.82 Å². The van der Waals surface area contributed by atoms with Gasteiger partial charge in [0.05, 0.1) is 10.0 Å². The lowest BCUT2D eigenvalue weighted by molar-refractivity contribution is 0.601. The summed E-state index contributed by atoms with van der Waals surface area (Å²) in [6.07, 6.45) is 4.59. The molecule has 3 rings (SSSR count). The second kappa shape index (κ2) is 6.39. The first-order valence-electron chi connectivity index (χ1n) is 6.68. The van der Waals surface area contributed by atoms with Gasteiger partial charge in [-0.2, -0.15) is 0 Å². The molecule has 3 aromatic rings. The third-order valence-corrected chi connectivity index (χ3v) is 5.50. The Morgan fingerprint density at radius 2 is 1.96 bits per heavy atom. The number of hydrogen-bond acceptors (Lipinski definition) is 5. The fraction of sp³-hybridized carbons (Fsp3) is 0.0714. The molecule has 1 aromatic carbocycles. The van der Waals surface area contributed by atoms with Gasteiger partial charge in [-0.15, -0.1) is 0 Å². The maximum atomic E-state index is 12.5. The average molecular weight is 384 g/mol. The van der Waals surface area contributed by atoms with E-state index in [1.165, 1.54) is 30.6 Å². The van der Waals surface area contributed by atoms with Crippen molar-refractivity contribution in [2.75, 3.05) is 4.72 Å². The number of nitrogens with zero attached hydrogens (tertiary/aromatic N) is 4. The largest absolute Gasteiger partial charge is 0.288 e. The zero-order valence-corrected chi connectivity index (χ0v) is 14.6. The first-order valence-corrected chi connectivity index (χ1v) is 8.91. The zero-order chi connectivity index (χ0) is 17.3. The minimum Gasteiger partial charge on any atom is -0.288 e. The summed E-state index contributed by atoms with van der Waals surface area (Å²) >= 11 is 11.9. The maximum absolute atomic E-state index is 12.5. The molecular weight excluding hydrogens is 373 g/mol. The summed E-state index contributed by atoms with van der Waals surface area (Å²) in [5.41, 5.74) is 0. The topological polar surface area (TPSA) is 89.8 Å². The van der Waals surface area contributed by atoms with Crippen molar-refractivity contribution < 1.29 is 8.42 Å². The highest BCUT2D eigenvalue weighted by Crippen LogP contribution is 2.30. The number of hydrogen-bond donors (Lipinski definition) is 1. The number of aromatic nitrogens is 4. The van der Waals surface area contributed by atoms with E-state index in [4.69, 9.17) is 23.2 Å². The second-order valence-corrected chi connectivity index (χ2v) is 7.20. The number of anilines is 1. The van der Waals surface area contributed by atoms with Gasteiger partial charge in [0.25, 0.3) is 10.0 Å². The first kappa shape index (κ1) is 16.7. The van der Waals surface area contributed by atoms with Gasteiger partial charge in [0.1, 0.15) is 28.7 Å². The summed E-state index contributed by atoms with van der Waals surface area (Å²) in [4.78, 5) is 12.0. The van der Waals surface area contributed by atoms with Gasteiger partial charge in [-0.1, -0.05) is 29.3 Å². The summed E-state index contributed by atoms with van der Waals surface area (Å²) < 4.78 is 29.1. The molecule has 10 heteroatoms. The van der Waals surface area contributed by atoms with Crippen LogP contribution in [0.2, 0.25) is 10.0 Å². The van der Waals surface area contributed by atoms with Crippen molar-refractivity contribution in [1.82, 2.24) is 19.5 Å². The molecule has 0 aliphatic heterocycles. The quantitative estimate of drug-likeness (QED) is 0.747. The molecule has 0 radical (unpaired) electrons. The van der Waals surface area contributed by atoms with Crippen molar-refractivity contribution in [3.05, 3.63) is 58.9 Å². The first-order chi connectivity index (χ1) is 11.4. The molecule has 0 aliphatic rings. The Bertz CT molecular complexity index is 1000. The molecule has 0 unspecified atom stereocenters. The van der Waals surface area contributed by atoms with E-state index in [2.05, 4.69) is 19.7 Å². The van der Waals surface area contributed by atoms with Crippen LogP contribution in [0.25, 0.3) is 5.82 Å². The molecule has 0 spiro atoms. The lowest BCUT2D eigenvalue weighted by Crippen LogP contribution is -2.15. The molecule has 0 bridgehead atoms. The third kappa shape index (κ3) is 3.21. The van der Waals surface area contributed by atoms with E-state index in [-0.39, 0.29) is 20.8 Å². The fourth-order valence-electron chi connectivity index (χ4n) is 2.04. The molecule has 1 N–H and O–H groups in total. The van der Waals surface area contributed by atoms with Gasteiger partial charge in [-0.25, -0.2) is 23.4 Å². The molecule has 0 saturated heterocycles. The van der Waals surface area contributed by atoms with E-state index in [0.717, 1.165) is 0 Å². The van der Waals surface area contributed by atoms with E-state index in [1.807, 2.05) is 0 Å². The molecule has 0 fully saturated rings. The summed E-state index contributed by atoms with van der Waals surface area (Å²) in [5, 5.41) is 0.100. The molecule has 0 aliphatic carbocycles. The number of imidazole rings is 1. The van der Waals surface area contributed by atoms with Gasteiger partial charge in [-0.05, 0) is 19.1 Å². The van der Waals surface area contributed by atoms with Crippen LogP contribution in [-0.4, -0.2) is 27.9 Å². The van der Waals surface area contributed by atoms with Crippen molar-refractivity contribution in [1.29, 1.82) is 0 Å². The molecular formula is C14H11Cl2N5O2S. The smallest absolute Gasteiger partial charge is 0.264 e. The van der Waals surface area contributed by atoms with E-state index >= 15 is 0 Å². The summed E-state index contributed by atoms with van der Waals surface area (Å²) in [6, 6.07) is 5.86. The monoisotopic (exact) mass is 383 g/mol. The number of halogens is 2. The predicted octanol–water partition coefficient (Wildman–Crippen LogP) is 3.08. The van der Waals surface area contributed by atoms with Gasteiger partial charge in [0.15, 0.2) is 0 Å². The van der Waals surface area contributed by atoms with Crippen LogP contribution < -0.4 is 4.72 Å². The van der Waals surface area contributed by atoms with Crippen LogP contribution in [0.1, 0.15) is 5.82 Å². The Morgan fingerprint density at radius 3 is 2.67 bits per heavy atom. The average Bonchev–Trinajstić information content (AvgIpc) is 2.96. The Kier molecular flexibility index (Phi) is 4.44. The third-order valence-electron chi connectivity index (χ3n) is 3.17. The van der Waals surface area contributed by atoms with Gasteiger partial charge >= 0.3 is 0 Å². The highest BCUT2D eigenvalue weighted by molar-refractivity contribution is 7.92. The van der Waals surface area contributed by atoms with Crippen molar-refractivity contribution in [2.24, 2.45) is 0 Å². The number of nitrogens with one attached hydrogen (secondary N) is 1. The molecule has 0 saturated carbocycles. The van der Waals surface area contributed by atoms with E-state index in [0.29, 0.717) is 11.6 Å². The Hall–Kier alpha value is -2.16. The number of rotatable bonds is 4. The van der Waals surface area contributed by atoms with Crippen LogP contribution in [0.3, 0.4) is 0 Å². The highest BCUT2D eigenvalue weighted by Gasteiger charge is 2.20. The SMILES string of the molecule is Cc1nccn1-c1cc(NS(=O)(=O)c2cccc(Cl)c2Cl)ncn1. The van der Waals surface area contributed by atoms with Crippen LogP contribution in [0.5, 0.6) is 0 Å². The summed E-state index contributed by atoms with van der Waals surface area (Å²) in [5.74, 6) is 1.29. The molecule has 2 heterocycles. The van der Waals surface area contributed by atoms with E-state index in [9.17, 15) is 8.42 Å². The van der Waals surface area contributed by atoms with Crippen LogP contribution in [-0.2, 0) is 10.0 Å². The van der Waals surface area contributed by atoms with Crippen LogP contribution >= 0.6 is 23.2 Å². The van der Waals surface area contributed by atoms with Crippen molar-refractivity contribution in [3.8, 4) is 5.82 Å². The summed E-state index contributed by atoms with van der Waals surface area (Å²) in [6.45, 7) is 1.80. The van der Waals surface area contributed by atoms with Crippen LogP contribution in [0, 0.1) is 6.92 Å². The number of sulfonamides is 1. The molecule has 24 heavy (non-hydrogen) atoms. The molecule has 0 atom stereocenters. The zero-order valence-electron chi connectivity index (χ0n) is 12.3. The summed E-state index contributed by atoms with van der Waals surface area (Å²) in [7, 11) is -3.94. The van der Waals surface area contributed by atoms with Crippen LogP contribution in [0.15, 0.2) is 47.9 Å². The minimum atomic E-state index is -3.94. The maximum Gasteiger partial charge on any atom is 0.264 e. The van der Waals surface area contributed by atoms with E-state index in [1.54, 1.807) is 23.9 Å². The second-order valence-electron chi connectivity index (χ2n) is 4.76. The van der Waals surface area contributed by atoms with Gasteiger partial charge in [-0.3, -0.25) is 9.29 Å². The molecule has 2 aromatic heterocycles. The van der Waals surface area contributed by atoms with Crippen molar-refractivity contribution >= 4 is 39.0 Å². The predicted molar refractivity (Wildman–Crippen MR) is 91.2 cm³/mol. The van der Waals surface area contributed by atoms with Gasteiger partial charge in [0, 0.05) is 18.5 Å². The Morgan fingerprint density at radius 1 is 1.17 bits per heavy atom. The highest BCUT2D eigenvalue weighted by atomic mass is 35.5. The van der Waals surface area contributed by atoms with Crippen molar-refractivity contribution in [3.63, 3.8) is 0 Å². The van der Waals surface area contributed by atoms with Gasteiger partial charge < -0.3 is 0 Å². The Balaban J connectivity index is 1.96. The van der Waals surface area contributed by atoms with Gasteiger partial charge in [0.2, 0.25) is 0 Å². The fourth-order valence-corrected chi connectivity index (χ4v) is 3.80. The number of benzene rings is 1. The standard InChI is InChI=1S/C14H11Cl2N5O2S/c1-9-17-5-6-21(9)13-7-12(18-8-19-13)20-24(22,23)11-4-2-3-10(15)14(11)16/h2-8H,1H3,(H,18,19,20). The molecule has 7 nitrogen and oxygen atoms in total. The molecule has 124 valence electrons. The lowest BCUT2D eigenvalue weighted by Gasteiger charge is -2.10. The normalized spacial score (nSPS) is 11.5. The molecule has 0 amide bonds. The van der Waals surface area contributed by atoms with E-state index < -0.39 is 10.0 Å². The van der Waals surface area contributed by atoms with Crippen molar-refractivity contribution in [2.45, 2.75) is 11.8 Å². The number of aryl methyl sites for hydroxylation is 1. The lowest BCUT2D eigenvalue weighted by atomic mass is 10.4. The Labute approximate surface area is 148 Å².